The van der Waals surface area contributed by atoms with Crippen molar-refractivity contribution < 1.29 is 32.3 Å². The number of amides is 1. The van der Waals surface area contributed by atoms with Crippen LogP contribution in [0.25, 0.3) is 0 Å². The normalized spacial score (nSPS) is 24.6. The van der Waals surface area contributed by atoms with E-state index in [1.54, 1.807) is 12.1 Å². The van der Waals surface area contributed by atoms with Crippen LogP contribution in [0.5, 0.6) is 0 Å². The topological polar surface area (TPSA) is 69.6 Å². The smallest absolute Gasteiger partial charge is 0.416 e. The van der Waals surface area contributed by atoms with Crippen LogP contribution in [0.2, 0.25) is 0 Å². The summed E-state index contributed by atoms with van der Waals surface area (Å²) in [5.41, 5.74) is -1.13. The number of hydrogen-bond donors (Lipinski definition) is 2. The summed E-state index contributed by atoms with van der Waals surface area (Å²) in [7, 11) is 0. The van der Waals surface area contributed by atoms with E-state index in [0.717, 1.165) is 31.4 Å². The van der Waals surface area contributed by atoms with Gasteiger partial charge in [0.1, 0.15) is 11.9 Å². The van der Waals surface area contributed by atoms with Gasteiger partial charge in [0.15, 0.2) is 0 Å². The third-order valence-corrected chi connectivity index (χ3v) is 8.18. The molecule has 1 saturated heterocycles. The number of carboxylic acids is 1. The highest BCUT2D eigenvalue weighted by atomic mass is 19.4. The van der Waals surface area contributed by atoms with E-state index in [1.165, 1.54) is 4.90 Å². The first kappa shape index (κ1) is 29.1. The van der Waals surface area contributed by atoms with Crippen LogP contribution in [0.1, 0.15) is 75.6 Å². The zero-order valence-electron chi connectivity index (χ0n) is 22.5. The van der Waals surface area contributed by atoms with Crippen molar-refractivity contribution in [1.29, 1.82) is 0 Å². The Labute approximate surface area is 226 Å². The average Bonchev–Trinajstić information content (AvgIpc) is 3.24. The monoisotopic (exact) mass is 548 g/mol. The quantitative estimate of drug-likeness (QED) is 0.400. The minimum absolute atomic E-state index is 0.146. The number of alkyl halides is 3. The number of nitrogens with zero attached hydrogens (tertiary/aromatic N) is 1. The molecule has 1 amide bonds. The van der Waals surface area contributed by atoms with Crippen LogP contribution < -0.4 is 5.32 Å². The second kappa shape index (κ2) is 11.3. The Morgan fingerprint density at radius 2 is 1.64 bits per heavy atom. The third kappa shape index (κ3) is 6.13. The molecule has 0 aromatic heterocycles. The number of nitrogens with one attached hydrogen (secondary N) is 1. The largest absolute Gasteiger partial charge is 0.480 e. The number of hydrogen-bond acceptors (Lipinski definition) is 3. The molecular weight excluding hydrogens is 512 g/mol. The number of likely N-dealkylation sites (tertiary alicyclic amines) is 1. The molecule has 2 aromatic carbocycles. The van der Waals surface area contributed by atoms with Crippen LogP contribution in [-0.4, -0.2) is 34.0 Å². The van der Waals surface area contributed by atoms with E-state index in [0.29, 0.717) is 24.5 Å². The molecule has 2 N–H and O–H groups in total. The second-order valence-electron chi connectivity index (χ2n) is 11.8. The maximum atomic E-state index is 14.1. The van der Waals surface area contributed by atoms with E-state index in [1.807, 2.05) is 39.0 Å². The van der Waals surface area contributed by atoms with Crippen molar-refractivity contribution in [2.45, 2.75) is 83.7 Å². The first-order chi connectivity index (χ1) is 18.3. The van der Waals surface area contributed by atoms with Gasteiger partial charge in [-0.2, -0.15) is 13.2 Å². The number of benzene rings is 2. The molecule has 2 fully saturated rings. The Balaban J connectivity index is 1.81. The zero-order valence-corrected chi connectivity index (χ0v) is 22.5. The molecule has 0 spiro atoms. The number of aliphatic carboxylic acids is 1. The lowest BCUT2D eigenvalue weighted by Gasteiger charge is -2.36. The predicted octanol–water partition coefficient (Wildman–Crippen LogP) is 6.58. The standard InChI is InChI=1S/C30H36F4N2O3/c1-29(2,3)23-24(35-17-20-14-15-21(31)16-22(20)30(32,33)34)25(18-10-6-4-7-11-18)36(26(23)28(38)39)27(37)19-12-8-5-9-13-19/h4,6-7,10-11,14-16,19,23-26,35H,5,8-9,12-13,17H2,1-3H3,(H,38,39)/t23-,24-,25-,26-/m0/s1. The molecule has 39 heavy (non-hydrogen) atoms. The zero-order chi connectivity index (χ0) is 28.5. The fraction of sp³-hybridized carbons (Fsp3) is 0.533. The van der Waals surface area contributed by atoms with Gasteiger partial charge < -0.3 is 15.3 Å². The summed E-state index contributed by atoms with van der Waals surface area (Å²) in [6, 6.07) is 9.07. The van der Waals surface area contributed by atoms with Crippen LogP contribution >= 0.6 is 0 Å². The van der Waals surface area contributed by atoms with Crippen LogP contribution in [-0.2, 0) is 22.3 Å². The molecule has 2 aliphatic rings. The van der Waals surface area contributed by atoms with Crippen LogP contribution in [0, 0.1) is 23.1 Å². The van der Waals surface area contributed by atoms with Gasteiger partial charge in [-0.3, -0.25) is 4.79 Å². The molecule has 0 radical (unpaired) electrons. The molecular formula is C30H36F4N2O3. The number of halogens is 4. The van der Waals surface area contributed by atoms with Gasteiger partial charge in [-0.05, 0) is 41.5 Å². The van der Waals surface area contributed by atoms with Gasteiger partial charge in [0.05, 0.1) is 11.6 Å². The van der Waals surface area contributed by atoms with Crippen molar-refractivity contribution in [2.75, 3.05) is 0 Å². The Morgan fingerprint density at radius 1 is 1.00 bits per heavy atom. The number of carbonyl (C=O) groups is 2. The van der Waals surface area contributed by atoms with Crippen molar-refractivity contribution in [3.8, 4) is 0 Å². The average molecular weight is 549 g/mol. The Kier molecular flexibility index (Phi) is 8.40. The number of carboxylic acid groups (broad SMARTS) is 1. The Hall–Kier alpha value is -2.94. The van der Waals surface area contributed by atoms with Gasteiger partial charge in [-0.25, -0.2) is 9.18 Å². The molecule has 2 aromatic rings. The van der Waals surface area contributed by atoms with E-state index in [9.17, 15) is 32.3 Å². The predicted molar refractivity (Wildman–Crippen MR) is 139 cm³/mol. The van der Waals surface area contributed by atoms with E-state index < -0.39 is 53.0 Å². The van der Waals surface area contributed by atoms with Gasteiger partial charge in [0.2, 0.25) is 5.91 Å². The summed E-state index contributed by atoms with van der Waals surface area (Å²) in [5.74, 6) is -3.26. The molecule has 1 aliphatic carbocycles. The summed E-state index contributed by atoms with van der Waals surface area (Å²) in [6.07, 6.45) is -0.565. The van der Waals surface area contributed by atoms with Crippen molar-refractivity contribution in [3.63, 3.8) is 0 Å². The molecule has 4 rings (SSSR count). The van der Waals surface area contributed by atoms with E-state index in [4.69, 9.17) is 0 Å². The Bertz CT molecular complexity index is 1170. The van der Waals surface area contributed by atoms with Crippen LogP contribution in [0.3, 0.4) is 0 Å². The third-order valence-electron chi connectivity index (χ3n) is 8.18. The van der Waals surface area contributed by atoms with E-state index >= 15 is 0 Å². The fourth-order valence-corrected chi connectivity index (χ4v) is 6.48. The fourth-order valence-electron chi connectivity index (χ4n) is 6.48. The van der Waals surface area contributed by atoms with Crippen LogP contribution in [0.4, 0.5) is 17.6 Å². The van der Waals surface area contributed by atoms with Gasteiger partial charge in [-0.1, -0.05) is 76.4 Å². The van der Waals surface area contributed by atoms with Crippen molar-refractivity contribution in [1.82, 2.24) is 10.2 Å². The highest BCUT2D eigenvalue weighted by Gasteiger charge is 2.58. The number of carbonyl (C=O) groups excluding carboxylic acids is 1. The Morgan fingerprint density at radius 3 is 2.21 bits per heavy atom. The molecule has 9 heteroatoms. The lowest BCUT2D eigenvalue weighted by atomic mass is 9.72. The molecule has 5 nitrogen and oxygen atoms in total. The van der Waals surface area contributed by atoms with Gasteiger partial charge in [0.25, 0.3) is 0 Å². The van der Waals surface area contributed by atoms with Crippen molar-refractivity contribution in [2.24, 2.45) is 17.3 Å². The molecule has 212 valence electrons. The summed E-state index contributed by atoms with van der Waals surface area (Å²) < 4.78 is 55.0. The van der Waals surface area contributed by atoms with Gasteiger partial charge >= 0.3 is 12.1 Å². The minimum atomic E-state index is -4.76. The van der Waals surface area contributed by atoms with Crippen LogP contribution in [0.15, 0.2) is 48.5 Å². The lowest BCUT2D eigenvalue weighted by molar-refractivity contribution is -0.154. The SMILES string of the molecule is CC(C)(C)[C@H]1[C@H](NCc2ccc(F)cc2C(F)(F)F)[C@H](c2ccccc2)N(C(=O)C2CCCCC2)[C@@H]1C(=O)O. The molecule has 1 saturated carbocycles. The lowest BCUT2D eigenvalue weighted by Crippen LogP contribution is -2.49. The molecule has 0 bridgehead atoms. The highest BCUT2D eigenvalue weighted by molar-refractivity contribution is 5.87. The highest BCUT2D eigenvalue weighted by Crippen LogP contribution is 2.49. The van der Waals surface area contributed by atoms with Crippen molar-refractivity contribution in [3.05, 3.63) is 71.0 Å². The summed E-state index contributed by atoms with van der Waals surface area (Å²) in [5, 5.41) is 13.7. The summed E-state index contributed by atoms with van der Waals surface area (Å²) in [4.78, 5) is 28.4. The summed E-state index contributed by atoms with van der Waals surface area (Å²) in [6.45, 7) is 5.39. The van der Waals surface area contributed by atoms with E-state index in [2.05, 4.69) is 5.32 Å². The minimum Gasteiger partial charge on any atom is -0.480 e. The molecule has 1 heterocycles. The molecule has 0 unspecified atom stereocenters. The second-order valence-corrected chi connectivity index (χ2v) is 11.8. The van der Waals surface area contributed by atoms with Crippen molar-refractivity contribution >= 4 is 11.9 Å². The van der Waals surface area contributed by atoms with Gasteiger partial charge in [-0.15, -0.1) is 0 Å². The first-order valence-electron chi connectivity index (χ1n) is 13.5. The maximum Gasteiger partial charge on any atom is 0.416 e. The summed E-state index contributed by atoms with van der Waals surface area (Å²) >= 11 is 0. The maximum absolute atomic E-state index is 14.1. The number of rotatable bonds is 6. The molecule has 1 aliphatic heterocycles. The van der Waals surface area contributed by atoms with Gasteiger partial charge in [0, 0.05) is 24.4 Å². The molecule has 4 atom stereocenters. The van der Waals surface area contributed by atoms with E-state index in [-0.39, 0.29) is 23.9 Å². The first-order valence-corrected chi connectivity index (χ1v) is 13.5.